The van der Waals surface area contributed by atoms with Gasteiger partial charge in [0.25, 0.3) is 11.6 Å². The van der Waals surface area contributed by atoms with Crippen molar-refractivity contribution in [2.75, 3.05) is 20.8 Å². The van der Waals surface area contributed by atoms with Gasteiger partial charge in [-0.15, -0.1) is 0 Å². The highest BCUT2D eigenvalue weighted by atomic mass is 35.5. The monoisotopic (exact) mass is 378 g/mol. The van der Waals surface area contributed by atoms with Crippen molar-refractivity contribution in [2.45, 2.75) is 13.5 Å². The number of rotatable bonds is 7. The fourth-order valence-electron chi connectivity index (χ4n) is 2.42. The number of amides is 1. The number of nitro benzene ring substituents is 1. The Bertz CT molecular complexity index is 825. The molecule has 0 aliphatic rings. The van der Waals surface area contributed by atoms with Crippen LogP contribution in [-0.2, 0) is 6.54 Å². The van der Waals surface area contributed by atoms with Crippen LogP contribution in [0.1, 0.15) is 22.8 Å². The van der Waals surface area contributed by atoms with Crippen molar-refractivity contribution in [2.24, 2.45) is 0 Å². The van der Waals surface area contributed by atoms with Gasteiger partial charge in [0.05, 0.1) is 18.6 Å². The summed E-state index contributed by atoms with van der Waals surface area (Å²) in [6.07, 6.45) is 0. The van der Waals surface area contributed by atoms with Crippen LogP contribution in [0.15, 0.2) is 36.4 Å². The van der Waals surface area contributed by atoms with Gasteiger partial charge < -0.3 is 14.4 Å². The van der Waals surface area contributed by atoms with Gasteiger partial charge >= 0.3 is 0 Å². The molecule has 0 atom stereocenters. The zero-order valence-corrected chi connectivity index (χ0v) is 15.4. The first-order chi connectivity index (χ1) is 12.4. The first-order valence-electron chi connectivity index (χ1n) is 7.86. The highest BCUT2D eigenvalue weighted by Crippen LogP contribution is 2.29. The number of ether oxygens (including phenoxy) is 2. The van der Waals surface area contributed by atoms with Crippen molar-refractivity contribution in [3.05, 3.63) is 62.7 Å². The lowest BCUT2D eigenvalue weighted by Crippen LogP contribution is -2.26. The molecular weight excluding hydrogens is 360 g/mol. The Morgan fingerprint density at radius 3 is 2.58 bits per heavy atom. The molecule has 0 spiro atoms. The molecule has 0 aromatic heterocycles. The van der Waals surface area contributed by atoms with Crippen molar-refractivity contribution < 1.29 is 19.2 Å². The van der Waals surface area contributed by atoms with E-state index in [1.54, 1.807) is 25.2 Å². The Kier molecular flexibility index (Phi) is 6.41. The molecule has 0 aliphatic carbocycles. The zero-order chi connectivity index (χ0) is 19.3. The SMILES string of the molecule is CCOc1cc(C(=O)N(C)Cc2cc([N+](=O)[O-])ccc2Cl)ccc1OC. The molecule has 0 fully saturated rings. The summed E-state index contributed by atoms with van der Waals surface area (Å²) in [7, 11) is 3.12. The van der Waals surface area contributed by atoms with Gasteiger partial charge in [0.1, 0.15) is 0 Å². The number of hydrogen-bond donors (Lipinski definition) is 0. The maximum absolute atomic E-state index is 12.7. The maximum atomic E-state index is 12.7. The first-order valence-corrected chi connectivity index (χ1v) is 8.24. The second kappa shape index (κ2) is 8.53. The minimum absolute atomic E-state index is 0.0756. The fraction of sp³-hybridized carbons (Fsp3) is 0.278. The van der Waals surface area contributed by atoms with Crippen molar-refractivity contribution in [1.29, 1.82) is 0 Å². The topological polar surface area (TPSA) is 81.9 Å². The molecule has 0 heterocycles. The number of nitro groups is 1. The molecule has 0 bridgehead atoms. The van der Waals surface area contributed by atoms with E-state index in [9.17, 15) is 14.9 Å². The lowest BCUT2D eigenvalue weighted by Gasteiger charge is -2.19. The predicted molar refractivity (Wildman–Crippen MR) is 98.1 cm³/mol. The average Bonchev–Trinajstić information content (AvgIpc) is 2.62. The fourth-order valence-corrected chi connectivity index (χ4v) is 2.60. The third-order valence-electron chi connectivity index (χ3n) is 3.70. The van der Waals surface area contributed by atoms with Crippen LogP contribution in [0.2, 0.25) is 5.02 Å². The molecule has 0 radical (unpaired) electrons. The highest BCUT2D eigenvalue weighted by Gasteiger charge is 2.18. The first kappa shape index (κ1) is 19.5. The van der Waals surface area contributed by atoms with Crippen LogP contribution in [0, 0.1) is 10.1 Å². The van der Waals surface area contributed by atoms with Crippen LogP contribution in [0.4, 0.5) is 5.69 Å². The molecule has 2 rings (SSSR count). The average molecular weight is 379 g/mol. The van der Waals surface area contributed by atoms with Gasteiger partial charge in [-0.1, -0.05) is 11.6 Å². The molecule has 2 aromatic rings. The van der Waals surface area contributed by atoms with Gasteiger partial charge in [-0.05, 0) is 36.8 Å². The van der Waals surface area contributed by atoms with Crippen molar-refractivity contribution in [1.82, 2.24) is 4.90 Å². The van der Waals surface area contributed by atoms with Crippen LogP contribution >= 0.6 is 11.6 Å². The number of carbonyl (C=O) groups is 1. The molecule has 2 aromatic carbocycles. The van der Waals surface area contributed by atoms with Gasteiger partial charge in [-0.2, -0.15) is 0 Å². The van der Waals surface area contributed by atoms with Gasteiger partial charge in [0.15, 0.2) is 11.5 Å². The number of nitrogens with zero attached hydrogens (tertiary/aromatic N) is 2. The Morgan fingerprint density at radius 2 is 1.96 bits per heavy atom. The number of non-ortho nitro benzene ring substituents is 1. The molecular formula is C18H19ClN2O5. The number of methoxy groups -OCH3 is 1. The predicted octanol–water partition coefficient (Wildman–Crippen LogP) is 3.93. The van der Waals surface area contributed by atoms with Crippen molar-refractivity contribution >= 4 is 23.2 Å². The smallest absolute Gasteiger partial charge is 0.269 e. The third kappa shape index (κ3) is 4.43. The largest absolute Gasteiger partial charge is 0.493 e. The molecule has 7 nitrogen and oxygen atoms in total. The van der Waals surface area contributed by atoms with Crippen LogP contribution in [0.25, 0.3) is 0 Å². The van der Waals surface area contributed by atoms with E-state index in [4.69, 9.17) is 21.1 Å². The second-order valence-corrected chi connectivity index (χ2v) is 5.90. The maximum Gasteiger partial charge on any atom is 0.269 e. The summed E-state index contributed by atoms with van der Waals surface area (Å²) in [5.74, 6) is 0.742. The molecule has 0 saturated heterocycles. The lowest BCUT2D eigenvalue weighted by molar-refractivity contribution is -0.384. The quantitative estimate of drug-likeness (QED) is 0.538. The van der Waals surface area contributed by atoms with Gasteiger partial charge in [0.2, 0.25) is 0 Å². The van der Waals surface area contributed by atoms with Gasteiger partial charge in [-0.3, -0.25) is 14.9 Å². The van der Waals surface area contributed by atoms with Gasteiger partial charge in [0, 0.05) is 36.3 Å². The van der Waals surface area contributed by atoms with Crippen LogP contribution in [-0.4, -0.2) is 36.5 Å². The summed E-state index contributed by atoms with van der Waals surface area (Å²) in [5.41, 5.74) is 0.835. The normalized spacial score (nSPS) is 10.3. The third-order valence-corrected chi connectivity index (χ3v) is 4.07. The Balaban J connectivity index is 2.23. The summed E-state index contributed by atoms with van der Waals surface area (Å²) in [6, 6.07) is 9.04. The van der Waals surface area contributed by atoms with E-state index in [2.05, 4.69) is 0 Å². The van der Waals surface area contributed by atoms with E-state index < -0.39 is 4.92 Å². The summed E-state index contributed by atoms with van der Waals surface area (Å²) in [5, 5.41) is 11.3. The van der Waals surface area contributed by atoms with E-state index in [0.29, 0.717) is 34.3 Å². The Labute approximate surface area is 156 Å². The number of halogens is 1. The molecule has 0 unspecified atom stereocenters. The summed E-state index contributed by atoms with van der Waals surface area (Å²) < 4.78 is 10.7. The van der Waals surface area contributed by atoms with E-state index in [1.165, 1.54) is 30.2 Å². The molecule has 0 saturated carbocycles. The molecule has 26 heavy (non-hydrogen) atoms. The summed E-state index contributed by atoms with van der Waals surface area (Å²) in [6.45, 7) is 2.41. The van der Waals surface area contributed by atoms with E-state index in [-0.39, 0.29) is 18.1 Å². The number of carbonyl (C=O) groups excluding carboxylic acids is 1. The highest BCUT2D eigenvalue weighted by molar-refractivity contribution is 6.31. The summed E-state index contributed by atoms with van der Waals surface area (Å²) >= 11 is 6.10. The molecule has 138 valence electrons. The number of benzene rings is 2. The minimum atomic E-state index is -0.501. The molecule has 1 amide bonds. The van der Waals surface area contributed by atoms with Crippen LogP contribution in [0.3, 0.4) is 0 Å². The Morgan fingerprint density at radius 1 is 1.23 bits per heavy atom. The zero-order valence-electron chi connectivity index (χ0n) is 14.7. The van der Waals surface area contributed by atoms with E-state index in [0.717, 1.165) is 0 Å². The molecule has 0 aliphatic heterocycles. The van der Waals surface area contributed by atoms with Crippen molar-refractivity contribution in [3.63, 3.8) is 0 Å². The van der Waals surface area contributed by atoms with Crippen molar-refractivity contribution in [3.8, 4) is 11.5 Å². The van der Waals surface area contributed by atoms with Gasteiger partial charge in [-0.25, -0.2) is 0 Å². The van der Waals surface area contributed by atoms with E-state index >= 15 is 0 Å². The van der Waals surface area contributed by atoms with E-state index in [1.807, 2.05) is 6.92 Å². The Hall–Kier alpha value is -2.80. The molecule has 0 N–H and O–H groups in total. The minimum Gasteiger partial charge on any atom is -0.493 e. The van der Waals surface area contributed by atoms with Crippen LogP contribution in [0.5, 0.6) is 11.5 Å². The number of hydrogen-bond acceptors (Lipinski definition) is 5. The second-order valence-electron chi connectivity index (χ2n) is 5.49. The van der Waals surface area contributed by atoms with Crippen LogP contribution < -0.4 is 9.47 Å². The standard InChI is InChI=1S/C18H19ClN2O5/c1-4-26-17-10-12(5-8-16(17)25-3)18(22)20(2)11-13-9-14(21(23)24)6-7-15(13)19/h5-10H,4,11H2,1-3H3. The lowest BCUT2D eigenvalue weighted by atomic mass is 10.1. The summed E-state index contributed by atoms with van der Waals surface area (Å²) in [4.78, 5) is 24.5. The molecule has 8 heteroatoms.